The Morgan fingerprint density at radius 1 is 0.824 bits per heavy atom. The van der Waals surface area contributed by atoms with Crippen molar-refractivity contribution >= 4 is 17.9 Å². The van der Waals surface area contributed by atoms with E-state index in [1.54, 1.807) is 0 Å². The molecule has 0 bridgehead atoms. The molecule has 6 nitrogen and oxygen atoms in total. The zero-order chi connectivity index (χ0) is 11.6. The van der Waals surface area contributed by atoms with Crippen molar-refractivity contribution in [3.8, 4) is 0 Å². The Labute approximate surface area is 181 Å². The summed E-state index contributed by atoms with van der Waals surface area (Å²) in [6.07, 6.45) is 0. The number of aromatic carboxylic acids is 3. The van der Waals surface area contributed by atoms with Crippen molar-refractivity contribution in [1.82, 2.24) is 0 Å². The van der Waals surface area contributed by atoms with Crippen molar-refractivity contribution in [2.24, 2.45) is 0 Å². The maximum Gasteiger partial charge on any atom is 1.00 e. The Bertz CT molecular complexity index is 378. The van der Waals surface area contributed by atoms with Gasteiger partial charge in [-0.15, -0.1) is 0 Å². The minimum atomic E-state index is -1.65. The molecular formula is C9H4K2O6. The standard InChI is InChI=1S/C9H6O6.2K/c10-7(11)4-1-5(8(12)13)3-6(2-4)9(14)15;;/h1-3H,(H,10,11)(H,12,13)(H,14,15);;/q;2*+1/p-2. The van der Waals surface area contributed by atoms with Crippen LogP contribution in [-0.2, 0) is 0 Å². The molecule has 0 amide bonds. The fraction of sp³-hybridized carbons (Fsp3) is 0. The van der Waals surface area contributed by atoms with E-state index in [4.69, 9.17) is 5.11 Å². The summed E-state index contributed by atoms with van der Waals surface area (Å²) >= 11 is 0. The van der Waals surface area contributed by atoms with Crippen molar-refractivity contribution < 1.29 is 132 Å². The average molecular weight is 286 g/mol. The molecule has 17 heavy (non-hydrogen) atoms. The fourth-order valence-corrected chi connectivity index (χ4v) is 0.987. The molecule has 0 fully saturated rings. The van der Waals surface area contributed by atoms with Gasteiger partial charge in [-0.2, -0.15) is 0 Å². The minimum absolute atomic E-state index is 0. The van der Waals surface area contributed by atoms with E-state index in [1.807, 2.05) is 0 Å². The van der Waals surface area contributed by atoms with Gasteiger partial charge in [0.15, 0.2) is 0 Å². The van der Waals surface area contributed by atoms with Crippen molar-refractivity contribution in [1.29, 1.82) is 0 Å². The van der Waals surface area contributed by atoms with Gasteiger partial charge in [-0.05, 0) is 29.3 Å². The first kappa shape index (κ1) is 20.2. The third kappa shape index (κ3) is 6.05. The van der Waals surface area contributed by atoms with Gasteiger partial charge in [-0.25, -0.2) is 4.79 Å². The first-order valence-electron chi connectivity index (χ1n) is 3.73. The van der Waals surface area contributed by atoms with Gasteiger partial charge in [0.2, 0.25) is 0 Å². The van der Waals surface area contributed by atoms with E-state index in [0.29, 0.717) is 0 Å². The van der Waals surface area contributed by atoms with Crippen molar-refractivity contribution in [3.05, 3.63) is 34.9 Å². The van der Waals surface area contributed by atoms with Crippen molar-refractivity contribution in [2.75, 3.05) is 0 Å². The van der Waals surface area contributed by atoms with Crippen molar-refractivity contribution in [2.45, 2.75) is 0 Å². The molecule has 1 rings (SSSR count). The predicted molar refractivity (Wildman–Crippen MR) is 42.1 cm³/mol. The number of rotatable bonds is 3. The van der Waals surface area contributed by atoms with Crippen LogP contribution >= 0.6 is 0 Å². The minimum Gasteiger partial charge on any atom is -0.545 e. The zero-order valence-electron chi connectivity index (χ0n) is 9.22. The summed E-state index contributed by atoms with van der Waals surface area (Å²) in [5.41, 5.74) is -1.49. The second-order valence-electron chi connectivity index (χ2n) is 2.68. The van der Waals surface area contributed by atoms with Crippen LogP contribution in [0, 0.1) is 0 Å². The SMILES string of the molecule is O=C([O-])c1cc(C(=O)[O-])cc(C(=O)O)c1.[K+].[K+]. The first-order valence-corrected chi connectivity index (χ1v) is 3.73. The average Bonchev–Trinajstić information content (AvgIpc) is 2.16. The van der Waals surface area contributed by atoms with Gasteiger partial charge in [-0.1, -0.05) is 0 Å². The summed E-state index contributed by atoms with van der Waals surface area (Å²) in [4.78, 5) is 31.4. The van der Waals surface area contributed by atoms with E-state index in [0.717, 1.165) is 18.2 Å². The van der Waals surface area contributed by atoms with Gasteiger partial charge in [0, 0.05) is 0 Å². The number of carboxylic acids is 3. The van der Waals surface area contributed by atoms with Gasteiger partial charge in [0.05, 0.1) is 17.5 Å². The molecule has 0 heterocycles. The summed E-state index contributed by atoms with van der Waals surface area (Å²) in [5, 5.41) is 29.4. The summed E-state index contributed by atoms with van der Waals surface area (Å²) in [5.74, 6) is -4.73. The molecule has 0 atom stereocenters. The van der Waals surface area contributed by atoms with E-state index in [-0.39, 0.29) is 103 Å². The molecule has 8 heteroatoms. The van der Waals surface area contributed by atoms with Crippen LogP contribution in [0.2, 0.25) is 0 Å². The Morgan fingerprint density at radius 3 is 1.35 bits per heavy atom. The molecule has 0 aliphatic rings. The molecule has 0 aromatic heterocycles. The molecule has 0 saturated carbocycles. The smallest absolute Gasteiger partial charge is 0.545 e. The molecule has 0 aliphatic heterocycles. The third-order valence-corrected chi connectivity index (χ3v) is 1.65. The maximum atomic E-state index is 10.5. The molecular weight excluding hydrogens is 282 g/mol. The Balaban J connectivity index is 0. The summed E-state index contributed by atoms with van der Waals surface area (Å²) < 4.78 is 0. The van der Waals surface area contributed by atoms with Crippen molar-refractivity contribution in [3.63, 3.8) is 0 Å². The van der Waals surface area contributed by atoms with Crippen LogP contribution < -0.4 is 113 Å². The van der Waals surface area contributed by atoms with E-state index >= 15 is 0 Å². The topological polar surface area (TPSA) is 118 Å². The molecule has 1 aromatic rings. The number of carbonyl (C=O) groups excluding carboxylic acids is 2. The largest absolute Gasteiger partial charge is 1.00 e. The fourth-order valence-electron chi connectivity index (χ4n) is 0.987. The van der Waals surface area contributed by atoms with E-state index in [2.05, 4.69) is 0 Å². The Hall–Kier alpha value is 0.903. The zero-order valence-corrected chi connectivity index (χ0v) is 15.5. The molecule has 1 N–H and O–H groups in total. The van der Waals surface area contributed by atoms with Crippen LogP contribution in [-0.4, -0.2) is 23.0 Å². The summed E-state index contributed by atoms with van der Waals surface area (Å²) in [7, 11) is 0. The molecule has 0 unspecified atom stereocenters. The predicted octanol–water partition coefficient (Wildman–Crippen LogP) is -7.88. The van der Waals surface area contributed by atoms with E-state index < -0.39 is 34.6 Å². The molecule has 1 aromatic carbocycles. The monoisotopic (exact) mass is 286 g/mol. The quantitative estimate of drug-likeness (QED) is 0.551. The molecule has 0 saturated heterocycles. The number of hydrogen-bond donors (Lipinski definition) is 1. The number of carboxylic acid groups (broad SMARTS) is 3. The molecule has 0 aliphatic carbocycles. The maximum absolute atomic E-state index is 10.5. The Kier molecular flexibility index (Phi) is 10.6. The summed E-state index contributed by atoms with van der Waals surface area (Å²) in [6.45, 7) is 0. The second kappa shape index (κ2) is 8.91. The number of hydrogen-bond acceptors (Lipinski definition) is 5. The molecule has 0 radical (unpaired) electrons. The third-order valence-electron chi connectivity index (χ3n) is 1.65. The van der Waals surface area contributed by atoms with Gasteiger partial charge in [-0.3, -0.25) is 0 Å². The number of benzene rings is 1. The number of carbonyl (C=O) groups is 3. The van der Waals surface area contributed by atoms with Crippen LogP contribution in [0.5, 0.6) is 0 Å². The molecule has 0 spiro atoms. The van der Waals surface area contributed by atoms with Crippen LogP contribution in [0.3, 0.4) is 0 Å². The van der Waals surface area contributed by atoms with E-state index in [1.165, 1.54) is 0 Å². The van der Waals surface area contributed by atoms with Gasteiger partial charge >= 0.3 is 109 Å². The normalized spacial score (nSPS) is 8.47. The van der Waals surface area contributed by atoms with E-state index in [9.17, 15) is 24.6 Å². The van der Waals surface area contributed by atoms with Gasteiger partial charge in [0.25, 0.3) is 0 Å². The van der Waals surface area contributed by atoms with Crippen LogP contribution in [0.1, 0.15) is 31.1 Å². The van der Waals surface area contributed by atoms with Gasteiger partial charge < -0.3 is 24.9 Å². The second-order valence-corrected chi connectivity index (χ2v) is 2.68. The molecule has 78 valence electrons. The van der Waals surface area contributed by atoms with Crippen LogP contribution in [0.25, 0.3) is 0 Å². The summed E-state index contributed by atoms with van der Waals surface area (Å²) in [6, 6.07) is 2.39. The Morgan fingerprint density at radius 2 is 1.12 bits per heavy atom. The van der Waals surface area contributed by atoms with Gasteiger partial charge in [0.1, 0.15) is 0 Å². The first-order chi connectivity index (χ1) is 6.91. The van der Waals surface area contributed by atoms with Crippen LogP contribution in [0.4, 0.5) is 0 Å². The van der Waals surface area contributed by atoms with Crippen LogP contribution in [0.15, 0.2) is 18.2 Å².